The summed E-state index contributed by atoms with van der Waals surface area (Å²) >= 11 is 11.7. The van der Waals surface area contributed by atoms with Crippen LogP contribution < -0.4 is 15.4 Å². The highest BCUT2D eigenvalue weighted by Crippen LogP contribution is 2.35. The van der Waals surface area contributed by atoms with Crippen LogP contribution in [0.5, 0.6) is 5.75 Å². The van der Waals surface area contributed by atoms with Gasteiger partial charge in [-0.2, -0.15) is 0 Å². The highest BCUT2D eigenvalue weighted by Gasteiger charge is 2.24. The number of anilines is 2. The first-order valence-corrected chi connectivity index (χ1v) is 9.95. The van der Waals surface area contributed by atoms with E-state index >= 15 is 0 Å². The standard InChI is InChI=1S/C23H15Cl2FN2O3/c24-14-3-8-21-17(10-14)18(23(30)28-21)9-13-1-5-16(6-2-13)31-12-22(29)27-15-4-7-20(26)19(25)11-15/h1-11H,12H2,(H,27,29)(H,28,30)/b18-9+. The maximum absolute atomic E-state index is 13.2. The smallest absolute Gasteiger partial charge is 0.262 e. The highest BCUT2D eigenvalue weighted by molar-refractivity contribution is 6.36. The van der Waals surface area contributed by atoms with Crippen LogP contribution in [0.3, 0.4) is 0 Å². The van der Waals surface area contributed by atoms with Crippen molar-refractivity contribution in [2.45, 2.75) is 0 Å². The van der Waals surface area contributed by atoms with Gasteiger partial charge in [0, 0.05) is 27.5 Å². The Labute approximate surface area is 187 Å². The molecular weight excluding hydrogens is 442 g/mol. The molecule has 0 saturated carbocycles. The summed E-state index contributed by atoms with van der Waals surface area (Å²) in [6.45, 7) is -0.232. The van der Waals surface area contributed by atoms with Gasteiger partial charge in [0.1, 0.15) is 11.6 Å². The van der Waals surface area contributed by atoms with Crippen LogP contribution in [-0.2, 0) is 9.59 Å². The van der Waals surface area contributed by atoms with Gasteiger partial charge < -0.3 is 15.4 Å². The summed E-state index contributed by atoms with van der Waals surface area (Å²) in [6.07, 6.45) is 1.76. The van der Waals surface area contributed by atoms with Gasteiger partial charge in [0.15, 0.2) is 6.61 Å². The van der Waals surface area contributed by atoms with E-state index in [4.69, 9.17) is 27.9 Å². The summed E-state index contributed by atoms with van der Waals surface area (Å²) < 4.78 is 18.7. The number of amides is 2. The lowest BCUT2D eigenvalue weighted by Gasteiger charge is -2.08. The number of hydrogen-bond acceptors (Lipinski definition) is 3. The quantitative estimate of drug-likeness (QED) is 0.487. The van der Waals surface area contributed by atoms with Crippen molar-refractivity contribution in [1.82, 2.24) is 0 Å². The number of fused-ring (bicyclic) bond motifs is 1. The normalized spacial score (nSPS) is 13.6. The molecular formula is C23H15Cl2FN2O3. The van der Waals surface area contributed by atoms with E-state index in [0.717, 1.165) is 11.1 Å². The molecule has 1 aliphatic rings. The van der Waals surface area contributed by atoms with Crippen LogP contribution in [0, 0.1) is 5.82 Å². The van der Waals surface area contributed by atoms with E-state index in [9.17, 15) is 14.0 Å². The molecule has 0 saturated heterocycles. The van der Waals surface area contributed by atoms with Gasteiger partial charge in [-0.3, -0.25) is 9.59 Å². The van der Waals surface area contributed by atoms with Crippen molar-refractivity contribution in [3.63, 3.8) is 0 Å². The molecule has 3 aromatic rings. The van der Waals surface area contributed by atoms with Gasteiger partial charge in [-0.05, 0) is 60.2 Å². The maximum Gasteiger partial charge on any atom is 0.262 e. The predicted molar refractivity (Wildman–Crippen MR) is 120 cm³/mol. The highest BCUT2D eigenvalue weighted by atomic mass is 35.5. The zero-order chi connectivity index (χ0) is 22.0. The van der Waals surface area contributed by atoms with Gasteiger partial charge in [0.25, 0.3) is 11.8 Å². The van der Waals surface area contributed by atoms with E-state index in [2.05, 4.69) is 10.6 Å². The molecule has 8 heteroatoms. The Morgan fingerprint density at radius 3 is 2.58 bits per heavy atom. The maximum atomic E-state index is 13.2. The molecule has 31 heavy (non-hydrogen) atoms. The molecule has 1 heterocycles. The van der Waals surface area contributed by atoms with Crippen molar-refractivity contribution in [3.8, 4) is 5.75 Å². The molecule has 0 bridgehead atoms. The van der Waals surface area contributed by atoms with Crippen LogP contribution >= 0.6 is 23.2 Å². The molecule has 0 spiro atoms. The second kappa shape index (κ2) is 8.79. The summed E-state index contributed by atoms with van der Waals surface area (Å²) in [6, 6.07) is 16.1. The number of benzene rings is 3. The zero-order valence-electron chi connectivity index (χ0n) is 15.9. The van der Waals surface area contributed by atoms with Crippen LogP contribution in [0.1, 0.15) is 11.1 Å². The number of hydrogen-bond donors (Lipinski definition) is 2. The largest absolute Gasteiger partial charge is 0.484 e. The van der Waals surface area contributed by atoms with Crippen molar-refractivity contribution in [2.24, 2.45) is 0 Å². The molecule has 4 rings (SSSR count). The summed E-state index contributed by atoms with van der Waals surface area (Å²) in [5.41, 5.74) is 3.14. The Balaban J connectivity index is 1.39. The average molecular weight is 457 g/mol. The van der Waals surface area contributed by atoms with Crippen molar-refractivity contribution in [1.29, 1.82) is 0 Å². The third-order valence-electron chi connectivity index (χ3n) is 4.53. The third-order valence-corrected chi connectivity index (χ3v) is 5.05. The van der Waals surface area contributed by atoms with Crippen LogP contribution in [0.15, 0.2) is 60.7 Å². The molecule has 0 radical (unpaired) electrons. The molecule has 0 atom stereocenters. The molecule has 2 amide bonds. The van der Waals surface area contributed by atoms with E-state index in [-0.39, 0.29) is 17.5 Å². The van der Waals surface area contributed by atoms with Crippen molar-refractivity contribution >= 4 is 58.0 Å². The lowest BCUT2D eigenvalue weighted by molar-refractivity contribution is -0.118. The molecule has 5 nitrogen and oxygen atoms in total. The average Bonchev–Trinajstić information content (AvgIpc) is 3.05. The fourth-order valence-corrected chi connectivity index (χ4v) is 3.40. The molecule has 156 valence electrons. The number of carbonyl (C=O) groups excluding carboxylic acids is 2. The van der Waals surface area contributed by atoms with Gasteiger partial charge >= 0.3 is 0 Å². The van der Waals surface area contributed by atoms with E-state index in [0.29, 0.717) is 27.7 Å². The molecule has 1 aliphatic heterocycles. The van der Waals surface area contributed by atoms with Gasteiger partial charge in [-0.15, -0.1) is 0 Å². The minimum atomic E-state index is -0.562. The van der Waals surface area contributed by atoms with Gasteiger partial charge in [0.2, 0.25) is 0 Å². The van der Waals surface area contributed by atoms with Crippen molar-refractivity contribution in [2.75, 3.05) is 17.2 Å². The third kappa shape index (κ3) is 4.87. The molecule has 0 fully saturated rings. The first-order valence-electron chi connectivity index (χ1n) is 9.20. The number of halogens is 3. The second-order valence-corrected chi connectivity index (χ2v) is 7.58. The molecule has 3 aromatic carbocycles. The Morgan fingerprint density at radius 2 is 1.84 bits per heavy atom. The SMILES string of the molecule is O=C(COc1ccc(/C=C2/C(=O)Nc3ccc(Cl)cc32)cc1)Nc1ccc(F)c(Cl)c1. The minimum absolute atomic E-state index is 0.0794. The predicted octanol–water partition coefficient (Wildman–Crippen LogP) is 5.64. The number of nitrogens with one attached hydrogen (secondary N) is 2. The number of ether oxygens (including phenoxy) is 1. The van der Waals surface area contributed by atoms with E-state index in [1.807, 2.05) is 0 Å². The Bertz CT molecular complexity index is 1210. The van der Waals surface area contributed by atoms with Crippen LogP contribution in [0.25, 0.3) is 11.6 Å². The summed E-state index contributed by atoms with van der Waals surface area (Å²) in [7, 11) is 0. The lowest BCUT2D eigenvalue weighted by atomic mass is 10.0. The fourth-order valence-electron chi connectivity index (χ4n) is 3.05. The van der Waals surface area contributed by atoms with E-state index < -0.39 is 11.7 Å². The summed E-state index contributed by atoms with van der Waals surface area (Å²) in [4.78, 5) is 24.3. The van der Waals surface area contributed by atoms with E-state index in [1.54, 1.807) is 48.5 Å². The van der Waals surface area contributed by atoms with Crippen molar-refractivity contribution < 1.29 is 18.7 Å². The second-order valence-electron chi connectivity index (χ2n) is 6.74. The monoisotopic (exact) mass is 456 g/mol. The van der Waals surface area contributed by atoms with Crippen LogP contribution in [0.2, 0.25) is 10.0 Å². The fraction of sp³-hybridized carbons (Fsp3) is 0.0435. The van der Waals surface area contributed by atoms with E-state index in [1.165, 1.54) is 18.2 Å². The van der Waals surface area contributed by atoms with Crippen LogP contribution in [-0.4, -0.2) is 18.4 Å². The van der Waals surface area contributed by atoms with Gasteiger partial charge in [-0.25, -0.2) is 4.39 Å². The van der Waals surface area contributed by atoms with Gasteiger partial charge in [-0.1, -0.05) is 35.3 Å². The summed E-state index contributed by atoms with van der Waals surface area (Å²) in [5, 5.41) is 5.85. The molecule has 0 aromatic heterocycles. The van der Waals surface area contributed by atoms with Crippen LogP contribution in [0.4, 0.5) is 15.8 Å². The number of rotatable bonds is 5. The number of carbonyl (C=O) groups is 2. The Morgan fingerprint density at radius 1 is 1.06 bits per heavy atom. The topological polar surface area (TPSA) is 67.4 Å². The Hall–Kier alpha value is -3.35. The lowest BCUT2D eigenvalue weighted by Crippen LogP contribution is -2.20. The molecule has 2 N–H and O–H groups in total. The first-order chi connectivity index (χ1) is 14.9. The van der Waals surface area contributed by atoms with Crippen molar-refractivity contribution in [3.05, 3.63) is 87.7 Å². The van der Waals surface area contributed by atoms with Gasteiger partial charge in [0.05, 0.1) is 5.02 Å². The molecule has 0 unspecified atom stereocenters. The first kappa shape index (κ1) is 20.9. The minimum Gasteiger partial charge on any atom is -0.484 e. The molecule has 0 aliphatic carbocycles. The zero-order valence-corrected chi connectivity index (χ0v) is 17.4. The summed E-state index contributed by atoms with van der Waals surface area (Å²) in [5.74, 6) is -0.693. The Kier molecular flexibility index (Phi) is 5.93.